The summed E-state index contributed by atoms with van der Waals surface area (Å²) in [7, 11) is 0. The maximum atomic E-state index is 11.5. The average molecular weight is 195 g/mol. The van der Waals surface area contributed by atoms with Gasteiger partial charge in [0.15, 0.2) is 0 Å². The molecule has 0 amide bonds. The summed E-state index contributed by atoms with van der Waals surface area (Å²) in [4.78, 5) is 15.2. The van der Waals surface area contributed by atoms with Crippen molar-refractivity contribution in [2.75, 3.05) is 13.2 Å². The highest BCUT2D eigenvalue weighted by atomic mass is 16.6. The first kappa shape index (κ1) is 10.7. The summed E-state index contributed by atoms with van der Waals surface area (Å²) in [6, 6.07) is 0. The summed E-state index contributed by atoms with van der Waals surface area (Å²) in [5.41, 5.74) is -1.23. The highest BCUT2D eigenvalue weighted by molar-refractivity contribution is 5.85. The van der Waals surface area contributed by atoms with Crippen LogP contribution in [0.15, 0.2) is 4.99 Å². The van der Waals surface area contributed by atoms with Gasteiger partial charge < -0.3 is 9.47 Å². The Balaban J connectivity index is 2.53. The molecule has 0 saturated carbocycles. The third-order valence-electron chi connectivity index (χ3n) is 2.16. The molecular formula is C10H13NO3. The number of carbonyl (C=O) groups is 1. The van der Waals surface area contributed by atoms with Gasteiger partial charge in [0.1, 0.15) is 12.7 Å². The van der Waals surface area contributed by atoms with E-state index in [1.807, 2.05) is 0 Å². The number of epoxide rings is 1. The van der Waals surface area contributed by atoms with Crippen molar-refractivity contribution in [3.05, 3.63) is 0 Å². The quantitative estimate of drug-likeness (QED) is 0.276. The minimum Gasteiger partial charge on any atom is -0.460 e. The van der Waals surface area contributed by atoms with Gasteiger partial charge in [-0.1, -0.05) is 12.8 Å². The summed E-state index contributed by atoms with van der Waals surface area (Å²) in [6.45, 7) is 5.97. The molecule has 0 spiro atoms. The molecule has 2 atom stereocenters. The molecule has 1 fully saturated rings. The molecular weight excluding hydrogens is 182 g/mol. The Kier molecular flexibility index (Phi) is 3.26. The van der Waals surface area contributed by atoms with E-state index < -0.39 is 11.5 Å². The second-order valence-electron chi connectivity index (χ2n) is 3.07. The molecule has 1 unspecified atom stereocenters. The summed E-state index contributed by atoms with van der Waals surface area (Å²) in [6.07, 6.45) is 5.66. The van der Waals surface area contributed by atoms with Gasteiger partial charge in [-0.15, -0.1) is 6.42 Å². The van der Waals surface area contributed by atoms with Crippen molar-refractivity contribution in [3.63, 3.8) is 0 Å². The van der Waals surface area contributed by atoms with Gasteiger partial charge in [0.25, 0.3) is 0 Å². The van der Waals surface area contributed by atoms with Crippen LogP contribution >= 0.6 is 0 Å². The lowest BCUT2D eigenvalue weighted by atomic mass is 9.99. The number of hydrogen-bond acceptors (Lipinski definition) is 4. The average Bonchev–Trinajstić information content (AvgIpc) is 3.02. The van der Waals surface area contributed by atoms with Crippen LogP contribution in [0.5, 0.6) is 0 Å². The lowest BCUT2D eigenvalue weighted by Crippen LogP contribution is -2.36. The number of nitrogens with zero attached hydrogens (tertiary/aromatic N) is 1. The summed E-state index contributed by atoms with van der Waals surface area (Å²) >= 11 is 0. The number of esters is 1. The molecule has 0 radical (unpaired) electrons. The number of rotatable bonds is 5. The third kappa shape index (κ3) is 2.12. The maximum absolute atomic E-state index is 11.5. The fourth-order valence-electron chi connectivity index (χ4n) is 0.980. The number of ether oxygens (including phenoxy) is 2. The van der Waals surface area contributed by atoms with Crippen molar-refractivity contribution in [2.45, 2.75) is 25.0 Å². The number of carbonyl (C=O) groups excluding carboxylic acids is 1. The van der Waals surface area contributed by atoms with Crippen LogP contribution in [0, 0.1) is 12.3 Å². The third-order valence-corrected chi connectivity index (χ3v) is 2.16. The van der Waals surface area contributed by atoms with E-state index in [1.165, 1.54) is 0 Å². The van der Waals surface area contributed by atoms with Crippen LogP contribution in [0.25, 0.3) is 0 Å². The fourth-order valence-corrected chi connectivity index (χ4v) is 0.980. The van der Waals surface area contributed by atoms with Gasteiger partial charge in [-0.2, -0.15) is 0 Å². The molecule has 0 aromatic rings. The zero-order chi connectivity index (χ0) is 10.6. The molecule has 14 heavy (non-hydrogen) atoms. The predicted octanol–water partition coefficient (Wildman–Crippen LogP) is 0.411. The van der Waals surface area contributed by atoms with E-state index in [2.05, 4.69) is 17.6 Å². The Morgan fingerprint density at radius 1 is 1.93 bits per heavy atom. The maximum Gasteiger partial charge on any atom is 0.346 e. The molecule has 0 aromatic carbocycles. The smallest absolute Gasteiger partial charge is 0.346 e. The second kappa shape index (κ2) is 4.25. The summed E-state index contributed by atoms with van der Waals surface area (Å²) in [5.74, 6) is 1.79. The topological polar surface area (TPSA) is 51.2 Å². The van der Waals surface area contributed by atoms with Gasteiger partial charge in [0.2, 0.25) is 5.54 Å². The van der Waals surface area contributed by atoms with E-state index in [0.29, 0.717) is 13.0 Å². The van der Waals surface area contributed by atoms with Crippen molar-refractivity contribution in [1.29, 1.82) is 0 Å². The van der Waals surface area contributed by atoms with Crippen LogP contribution in [0.3, 0.4) is 0 Å². The van der Waals surface area contributed by atoms with Gasteiger partial charge >= 0.3 is 5.97 Å². The van der Waals surface area contributed by atoms with Gasteiger partial charge in [-0.25, -0.2) is 4.79 Å². The largest absolute Gasteiger partial charge is 0.460 e. The Hall–Kier alpha value is -1.34. The first-order chi connectivity index (χ1) is 6.68. The summed E-state index contributed by atoms with van der Waals surface area (Å²) < 4.78 is 9.86. The number of terminal acetylenes is 1. The molecule has 1 heterocycles. The molecule has 1 aliphatic heterocycles. The summed E-state index contributed by atoms with van der Waals surface area (Å²) in [5, 5.41) is 0. The Bertz CT molecular complexity index is 278. The minimum atomic E-state index is -1.23. The van der Waals surface area contributed by atoms with Crippen molar-refractivity contribution in [3.8, 4) is 12.3 Å². The molecule has 1 saturated heterocycles. The molecule has 4 nitrogen and oxygen atoms in total. The highest BCUT2D eigenvalue weighted by Gasteiger charge is 2.36. The Morgan fingerprint density at radius 2 is 2.57 bits per heavy atom. The van der Waals surface area contributed by atoms with Crippen LogP contribution in [0.4, 0.5) is 0 Å². The molecule has 1 aliphatic rings. The van der Waals surface area contributed by atoms with Gasteiger partial charge in [0.05, 0.1) is 6.61 Å². The van der Waals surface area contributed by atoms with Crippen LogP contribution in [0.1, 0.15) is 13.3 Å². The van der Waals surface area contributed by atoms with Crippen LogP contribution in [0.2, 0.25) is 0 Å². The highest BCUT2D eigenvalue weighted by Crippen LogP contribution is 2.18. The van der Waals surface area contributed by atoms with E-state index in [1.54, 1.807) is 6.92 Å². The first-order valence-corrected chi connectivity index (χ1v) is 4.43. The van der Waals surface area contributed by atoms with Gasteiger partial charge in [-0.05, 0) is 13.1 Å². The number of hydrogen-bond donors (Lipinski definition) is 0. The van der Waals surface area contributed by atoms with Crippen molar-refractivity contribution >= 4 is 12.7 Å². The van der Waals surface area contributed by atoms with Crippen LogP contribution in [-0.2, 0) is 14.3 Å². The second-order valence-corrected chi connectivity index (χ2v) is 3.07. The van der Waals surface area contributed by atoms with E-state index in [-0.39, 0.29) is 12.7 Å². The molecule has 1 rings (SSSR count). The van der Waals surface area contributed by atoms with E-state index in [4.69, 9.17) is 15.9 Å². The zero-order valence-corrected chi connectivity index (χ0v) is 8.16. The van der Waals surface area contributed by atoms with Gasteiger partial charge in [0, 0.05) is 0 Å². The lowest BCUT2D eigenvalue weighted by Gasteiger charge is -2.19. The van der Waals surface area contributed by atoms with Crippen molar-refractivity contribution in [1.82, 2.24) is 0 Å². The normalized spacial score (nSPS) is 23.0. The Labute approximate surface area is 83.3 Å². The molecule has 0 bridgehead atoms. The SMILES string of the molecule is C#C[C@@](CC)(N=C)C(=O)OCC1CO1. The number of aliphatic imine (C=N–C) groups is 1. The lowest BCUT2D eigenvalue weighted by molar-refractivity contribution is -0.148. The van der Waals surface area contributed by atoms with Crippen LogP contribution < -0.4 is 0 Å². The minimum absolute atomic E-state index is 0.0381. The predicted molar refractivity (Wildman–Crippen MR) is 52.1 cm³/mol. The molecule has 0 N–H and O–H groups in total. The molecule has 0 aromatic heterocycles. The van der Waals surface area contributed by atoms with E-state index in [9.17, 15) is 4.79 Å². The van der Waals surface area contributed by atoms with Crippen molar-refractivity contribution in [2.24, 2.45) is 4.99 Å². The van der Waals surface area contributed by atoms with Crippen molar-refractivity contribution < 1.29 is 14.3 Å². The van der Waals surface area contributed by atoms with E-state index >= 15 is 0 Å². The fraction of sp³-hybridized carbons (Fsp3) is 0.600. The van der Waals surface area contributed by atoms with Crippen LogP contribution in [-0.4, -0.2) is 37.5 Å². The monoisotopic (exact) mass is 195 g/mol. The molecule has 0 aliphatic carbocycles. The molecule has 76 valence electrons. The zero-order valence-electron chi connectivity index (χ0n) is 8.16. The van der Waals surface area contributed by atoms with E-state index in [0.717, 1.165) is 0 Å². The first-order valence-electron chi connectivity index (χ1n) is 4.43. The Morgan fingerprint density at radius 3 is 2.93 bits per heavy atom. The standard InChI is InChI=1S/C10H13NO3/c1-4-10(5-2,11-3)9(12)14-7-8-6-13-8/h1,8H,3,5-7H2,2H3/t8?,10-/m0/s1. The molecule has 4 heteroatoms. The van der Waals surface area contributed by atoms with Gasteiger partial charge in [-0.3, -0.25) is 4.99 Å².